The van der Waals surface area contributed by atoms with Gasteiger partial charge < -0.3 is 20.4 Å². The van der Waals surface area contributed by atoms with Crippen LogP contribution in [0.5, 0.6) is 0 Å². The van der Waals surface area contributed by atoms with E-state index >= 15 is 0 Å². The number of rotatable bonds is 5. The fourth-order valence-corrected chi connectivity index (χ4v) is 4.24. The van der Waals surface area contributed by atoms with Crippen LogP contribution in [0.15, 0.2) is 28.7 Å². The standard InChI is InChI=1S/C21H30N6OS.HI/c1-15-6-5-7-18(16(15)2)26-10-12-27(13-11-26)21(22-4)24-9-8-23-20(28)19-17(3)25-14-29-19;/h5-7,14H,8-13H2,1-4H3,(H,22,24)(H,23,28);1H. The third-order valence-corrected chi connectivity index (χ3v) is 6.28. The average molecular weight is 542 g/mol. The molecule has 1 fully saturated rings. The summed E-state index contributed by atoms with van der Waals surface area (Å²) in [6, 6.07) is 6.50. The molecule has 0 spiro atoms. The minimum absolute atomic E-state index is 0. The molecule has 0 radical (unpaired) electrons. The van der Waals surface area contributed by atoms with Crippen LogP contribution in [0.1, 0.15) is 26.5 Å². The van der Waals surface area contributed by atoms with E-state index in [4.69, 9.17) is 0 Å². The third kappa shape index (κ3) is 5.84. The van der Waals surface area contributed by atoms with Gasteiger partial charge in [0.1, 0.15) is 4.88 Å². The Morgan fingerprint density at radius 2 is 1.83 bits per heavy atom. The Hall–Kier alpha value is -1.88. The predicted molar refractivity (Wildman–Crippen MR) is 136 cm³/mol. The smallest absolute Gasteiger partial charge is 0.263 e. The van der Waals surface area contributed by atoms with Gasteiger partial charge in [-0.25, -0.2) is 4.98 Å². The molecule has 1 aliphatic rings. The Labute approximate surface area is 200 Å². The molecular weight excluding hydrogens is 511 g/mol. The van der Waals surface area contributed by atoms with Crippen molar-refractivity contribution in [3.05, 3.63) is 45.4 Å². The highest BCUT2D eigenvalue weighted by atomic mass is 127. The summed E-state index contributed by atoms with van der Waals surface area (Å²) in [7, 11) is 1.80. The number of anilines is 1. The number of aliphatic imine (C=N–C) groups is 1. The molecule has 2 aromatic rings. The molecule has 1 aromatic heterocycles. The summed E-state index contributed by atoms with van der Waals surface area (Å²) < 4.78 is 0. The van der Waals surface area contributed by atoms with Crippen molar-refractivity contribution in [2.75, 3.05) is 51.2 Å². The molecule has 164 valence electrons. The van der Waals surface area contributed by atoms with Crippen LogP contribution in [-0.2, 0) is 0 Å². The number of piperazine rings is 1. The van der Waals surface area contributed by atoms with Gasteiger partial charge in [-0.15, -0.1) is 35.3 Å². The Balaban J connectivity index is 0.00000320. The molecule has 0 aliphatic carbocycles. The van der Waals surface area contributed by atoms with Crippen molar-refractivity contribution in [2.45, 2.75) is 20.8 Å². The van der Waals surface area contributed by atoms with Crippen LogP contribution in [-0.4, -0.2) is 68.1 Å². The van der Waals surface area contributed by atoms with Gasteiger partial charge in [-0.05, 0) is 38.0 Å². The van der Waals surface area contributed by atoms with Gasteiger partial charge in [0.2, 0.25) is 0 Å². The molecule has 1 aliphatic heterocycles. The molecule has 7 nitrogen and oxygen atoms in total. The fraction of sp³-hybridized carbons (Fsp3) is 0.476. The Morgan fingerprint density at radius 3 is 2.47 bits per heavy atom. The molecule has 2 heterocycles. The van der Waals surface area contributed by atoms with Crippen molar-refractivity contribution in [1.29, 1.82) is 0 Å². The van der Waals surface area contributed by atoms with Gasteiger partial charge in [0.05, 0.1) is 11.2 Å². The van der Waals surface area contributed by atoms with Crippen LogP contribution in [0, 0.1) is 20.8 Å². The molecule has 1 aromatic carbocycles. The first kappa shape index (κ1) is 24.4. The monoisotopic (exact) mass is 542 g/mol. The minimum Gasteiger partial charge on any atom is -0.368 e. The first-order valence-corrected chi connectivity index (χ1v) is 10.8. The molecule has 1 saturated heterocycles. The molecule has 0 atom stereocenters. The summed E-state index contributed by atoms with van der Waals surface area (Å²) in [6.07, 6.45) is 0. The minimum atomic E-state index is -0.0658. The number of nitrogens with one attached hydrogen (secondary N) is 2. The summed E-state index contributed by atoms with van der Waals surface area (Å²) >= 11 is 1.37. The number of amides is 1. The summed E-state index contributed by atoms with van der Waals surface area (Å²) in [5.74, 6) is 0.817. The zero-order valence-corrected chi connectivity index (χ0v) is 21.2. The maximum Gasteiger partial charge on any atom is 0.263 e. The molecule has 0 saturated carbocycles. The zero-order valence-electron chi connectivity index (χ0n) is 18.1. The number of halogens is 1. The van der Waals surface area contributed by atoms with Crippen LogP contribution in [0.4, 0.5) is 5.69 Å². The molecular formula is C21H31IN6OS. The lowest BCUT2D eigenvalue weighted by molar-refractivity contribution is 0.0957. The van der Waals surface area contributed by atoms with Crippen LogP contribution < -0.4 is 15.5 Å². The highest BCUT2D eigenvalue weighted by Gasteiger charge is 2.21. The SMILES string of the molecule is CN=C(NCCNC(=O)c1scnc1C)N1CCN(c2cccc(C)c2C)CC1.I. The molecule has 9 heteroatoms. The first-order chi connectivity index (χ1) is 14.0. The summed E-state index contributed by atoms with van der Waals surface area (Å²) in [5.41, 5.74) is 6.49. The van der Waals surface area contributed by atoms with E-state index in [1.54, 1.807) is 12.6 Å². The second-order valence-corrected chi connectivity index (χ2v) is 8.04. The number of carbonyl (C=O) groups is 1. The van der Waals surface area contributed by atoms with Gasteiger partial charge in [0.15, 0.2) is 5.96 Å². The van der Waals surface area contributed by atoms with Crippen molar-refractivity contribution >= 4 is 52.9 Å². The van der Waals surface area contributed by atoms with E-state index in [1.165, 1.54) is 28.2 Å². The topological polar surface area (TPSA) is 72.9 Å². The van der Waals surface area contributed by atoms with Gasteiger partial charge in [0, 0.05) is 52.0 Å². The Bertz CT molecular complexity index is 876. The van der Waals surface area contributed by atoms with E-state index in [-0.39, 0.29) is 29.9 Å². The number of carbonyl (C=O) groups excluding carboxylic acids is 1. The Morgan fingerprint density at radius 1 is 1.13 bits per heavy atom. The highest BCUT2D eigenvalue weighted by molar-refractivity contribution is 14.0. The van der Waals surface area contributed by atoms with Crippen LogP contribution in [0.2, 0.25) is 0 Å². The second kappa shape index (κ2) is 11.5. The molecule has 2 N–H and O–H groups in total. The van der Waals surface area contributed by atoms with Gasteiger partial charge in [-0.1, -0.05) is 12.1 Å². The number of benzene rings is 1. The first-order valence-electron chi connectivity index (χ1n) is 9.96. The number of aryl methyl sites for hydroxylation is 2. The Kier molecular flexibility index (Phi) is 9.35. The van der Waals surface area contributed by atoms with E-state index in [0.29, 0.717) is 18.0 Å². The lowest BCUT2D eigenvalue weighted by Gasteiger charge is -2.38. The van der Waals surface area contributed by atoms with E-state index in [0.717, 1.165) is 37.8 Å². The maximum absolute atomic E-state index is 12.2. The van der Waals surface area contributed by atoms with Crippen molar-refractivity contribution in [3.8, 4) is 0 Å². The number of hydrogen-bond donors (Lipinski definition) is 2. The highest BCUT2D eigenvalue weighted by Crippen LogP contribution is 2.23. The number of thiazole rings is 1. The number of guanidine groups is 1. The van der Waals surface area contributed by atoms with Crippen molar-refractivity contribution in [3.63, 3.8) is 0 Å². The largest absolute Gasteiger partial charge is 0.368 e. The molecule has 30 heavy (non-hydrogen) atoms. The molecule has 0 bridgehead atoms. The van der Waals surface area contributed by atoms with E-state index in [2.05, 4.69) is 62.5 Å². The maximum atomic E-state index is 12.2. The van der Waals surface area contributed by atoms with Crippen LogP contribution >= 0.6 is 35.3 Å². The van der Waals surface area contributed by atoms with Crippen molar-refractivity contribution in [1.82, 2.24) is 20.5 Å². The van der Waals surface area contributed by atoms with Gasteiger partial charge >= 0.3 is 0 Å². The van der Waals surface area contributed by atoms with Gasteiger partial charge in [0.25, 0.3) is 5.91 Å². The lowest BCUT2D eigenvalue weighted by Crippen LogP contribution is -2.53. The van der Waals surface area contributed by atoms with Crippen molar-refractivity contribution in [2.24, 2.45) is 4.99 Å². The normalized spacial score (nSPS) is 14.3. The van der Waals surface area contributed by atoms with Gasteiger partial charge in [-0.3, -0.25) is 9.79 Å². The number of aromatic nitrogens is 1. The fourth-order valence-electron chi connectivity index (χ4n) is 3.52. The zero-order chi connectivity index (χ0) is 20.8. The second-order valence-electron chi connectivity index (χ2n) is 7.19. The lowest BCUT2D eigenvalue weighted by atomic mass is 10.1. The average Bonchev–Trinajstić information content (AvgIpc) is 3.16. The van der Waals surface area contributed by atoms with Crippen LogP contribution in [0.3, 0.4) is 0 Å². The van der Waals surface area contributed by atoms with E-state index < -0.39 is 0 Å². The third-order valence-electron chi connectivity index (χ3n) is 5.35. The summed E-state index contributed by atoms with van der Waals surface area (Å²) in [4.78, 5) is 26.1. The molecule has 0 unspecified atom stereocenters. The van der Waals surface area contributed by atoms with Crippen LogP contribution in [0.25, 0.3) is 0 Å². The summed E-state index contributed by atoms with van der Waals surface area (Å²) in [6.45, 7) is 11.1. The summed E-state index contributed by atoms with van der Waals surface area (Å²) in [5, 5.41) is 6.30. The van der Waals surface area contributed by atoms with Crippen molar-refractivity contribution < 1.29 is 4.79 Å². The number of hydrogen-bond acceptors (Lipinski definition) is 5. The molecule has 3 rings (SSSR count). The number of nitrogens with zero attached hydrogens (tertiary/aromatic N) is 4. The quantitative estimate of drug-likeness (QED) is 0.263. The van der Waals surface area contributed by atoms with E-state index in [1.807, 2.05) is 6.92 Å². The van der Waals surface area contributed by atoms with Gasteiger partial charge in [-0.2, -0.15) is 0 Å². The predicted octanol–water partition coefficient (Wildman–Crippen LogP) is 2.81. The molecule has 1 amide bonds. The van der Waals surface area contributed by atoms with E-state index in [9.17, 15) is 4.79 Å².